The summed E-state index contributed by atoms with van der Waals surface area (Å²) in [6, 6.07) is 8.43. The molecule has 0 N–H and O–H groups in total. The van der Waals surface area contributed by atoms with Gasteiger partial charge >= 0.3 is 0 Å². The lowest BCUT2D eigenvalue weighted by Gasteiger charge is -2.36. The smallest absolute Gasteiger partial charge is 0.0406 e. The average molecular weight is 305 g/mol. The average Bonchev–Trinajstić information content (AvgIpc) is 2.56. The number of rotatable bonds is 4. The van der Waals surface area contributed by atoms with E-state index in [1.54, 1.807) is 0 Å². The molecule has 2 saturated carbocycles. The van der Waals surface area contributed by atoms with Crippen LogP contribution in [0.1, 0.15) is 69.8 Å². The molecule has 0 spiro atoms. The summed E-state index contributed by atoms with van der Waals surface area (Å²) >= 11 is 5.95. The Bertz CT molecular complexity index is 408. The molecule has 0 radical (unpaired) electrons. The summed E-state index contributed by atoms with van der Waals surface area (Å²) in [5.74, 6) is 3.12. The summed E-state index contributed by atoms with van der Waals surface area (Å²) in [5, 5.41) is 0.853. The van der Waals surface area contributed by atoms with Gasteiger partial charge < -0.3 is 0 Å². The molecule has 0 heterocycles. The molecule has 0 aliphatic heterocycles. The molecule has 0 saturated heterocycles. The van der Waals surface area contributed by atoms with Gasteiger partial charge in [-0.2, -0.15) is 0 Å². The van der Waals surface area contributed by atoms with Crippen molar-refractivity contribution in [2.45, 2.75) is 70.6 Å². The van der Waals surface area contributed by atoms with Crippen molar-refractivity contribution < 1.29 is 0 Å². The van der Waals surface area contributed by atoms with Crippen molar-refractivity contribution in [1.29, 1.82) is 0 Å². The molecule has 0 unspecified atom stereocenters. The summed E-state index contributed by atoms with van der Waals surface area (Å²) in [7, 11) is 0. The lowest BCUT2D eigenvalue weighted by atomic mass is 9.70. The largest absolute Gasteiger partial charge is 0.0843 e. The first kappa shape index (κ1) is 15.4. The van der Waals surface area contributed by atoms with Crippen LogP contribution in [0, 0.1) is 17.8 Å². The van der Waals surface area contributed by atoms with Crippen LogP contribution in [0.25, 0.3) is 0 Å². The highest BCUT2D eigenvalue weighted by molar-refractivity contribution is 6.30. The van der Waals surface area contributed by atoms with Crippen LogP contribution in [-0.2, 0) is 6.42 Å². The molecule has 1 aromatic carbocycles. The molecular formula is C20H29Cl. The fourth-order valence-corrected chi connectivity index (χ4v) is 4.70. The fourth-order valence-electron chi connectivity index (χ4n) is 4.58. The second kappa shape index (κ2) is 7.68. The molecule has 2 aliphatic rings. The maximum atomic E-state index is 5.95. The van der Waals surface area contributed by atoms with Gasteiger partial charge in [0.25, 0.3) is 0 Å². The topological polar surface area (TPSA) is 0 Å². The molecule has 2 aliphatic carbocycles. The third kappa shape index (κ3) is 4.49. The SMILES string of the molecule is Clc1ccc(CCC2CCC(C3CCCCC3)CC2)cc1. The Hall–Kier alpha value is -0.490. The molecule has 0 atom stereocenters. The number of halogens is 1. The van der Waals surface area contributed by atoms with Gasteiger partial charge in [0.05, 0.1) is 0 Å². The Labute approximate surface area is 135 Å². The molecule has 3 rings (SSSR count). The van der Waals surface area contributed by atoms with Crippen molar-refractivity contribution in [3.05, 3.63) is 34.9 Å². The summed E-state index contributed by atoms with van der Waals surface area (Å²) in [6.07, 6.45) is 16.1. The van der Waals surface area contributed by atoms with E-state index < -0.39 is 0 Å². The number of hydrogen-bond donors (Lipinski definition) is 0. The molecule has 2 fully saturated rings. The van der Waals surface area contributed by atoms with Gasteiger partial charge in [0.1, 0.15) is 0 Å². The van der Waals surface area contributed by atoms with Crippen molar-refractivity contribution in [3.63, 3.8) is 0 Å². The van der Waals surface area contributed by atoms with E-state index in [0.29, 0.717) is 0 Å². The standard InChI is InChI=1S/C20H29Cl/c21-20-14-10-17(11-15-20)7-6-16-8-12-19(13-9-16)18-4-2-1-3-5-18/h10-11,14-16,18-19H,1-9,12-13H2. The molecular weight excluding hydrogens is 276 g/mol. The summed E-state index contributed by atoms with van der Waals surface area (Å²) in [6.45, 7) is 0. The molecule has 0 bridgehead atoms. The molecule has 0 amide bonds. The van der Waals surface area contributed by atoms with Crippen LogP contribution >= 0.6 is 11.6 Å². The van der Waals surface area contributed by atoms with Gasteiger partial charge in [0.2, 0.25) is 0 Å². The highest BCUT2D eigenvalue weighted by Gasteiger charge is 2.28. The van der Waals surface area contributed by atoms with Crippen LogP contribution in [0.15, 0.2) is 24.3 Å². The zero-order valence-corrected chi connectivity index (χ0v) is 14.0. The molecule has 116 valence electrons. The van der Waals surface area contributed by atoms with Crippen LogP contribution < -0.4 is 0 Å². The minimum Gasteiger partial charge on any atom is -0.0843 e. The summed E-state index contributed by atoms with van der Waals surface area (Å²) in [4.78, 5) is 0. The minimum absolute atomic E-state index is 0.853. The van der Waals surface area contributed by atoms with Crippen LogP contribution in [0.5, 0.6) is 0 Å². The van der Waals surface area contributed by atoms with Gasteiger partial charge in [-0.25, -0.2) is 0 Å². The first-order chi connectivity index (χ1) is 10.3. The maximum Gasteiger partial charge on any atom is 0.0406 e. The van der Waals surface area contributed by atoms with Gasteiger partial charge in [0.15, 0.2) is 0 Å². The van der Waals surface area contributed by atoms with E-state index in [-0.39, 0.29) is 0 Å². The first-order valence-corrected chi connectivity index (χ1v) is 9.43. The van der Waals surface area contributed by atoms with Crippen LogP contribution in [0.4, 0.5) is 0 Å². The highest BCUT2D eigenvalue weighted by Crippen LogP contribution is 2.40. The summed E-state index contributed by atoms with van der Waals surface area (Å²) < 4.78 is 0. The van der Waals surface area contributed by atoms with Crippen molar-refractivity contribution in [1.82, 2.24) is 0 Å². The Balaban J connectivity index is 1.40. The number of hydrogen-bond acceptors (Lipinski definition) is 0. The molecule has 0 nitrogen and oxygen atoms in total. The second-order valence-corrected chi connectivity index (χ2v) is 7.78. The monoisotopic (exact) mass is 304 g/mol. The van der Waals surface area contributed by atoms with Gasteiger partial charge in [-0.3, -0.25) is 0 Å². The van der Waals surface area contributed by atoms with Crippen molar-refractivity contribution in [2.24, 2.45) is 17.8 Å². The predicted molar refractivity (Wildman–Crippen MR) is 91.8 cm³/mol. The highest BCUT2D eigenvalue weighted by atomic mass is 35.5. The van der Waals surface area contributed by atoms with E-state index in [9.17, 15) is 0 Å². The van der Waals surface area contributed by atoms with Gasteiger partial charge in [-0.05, 0) is 61.1 Å². The Morgan fingerprint density at radius 1 is 0.762 bits per heavy atom. The predicted octanol–water partition coefficient (Wildman–Crippen LogP) is 6.66. The van der Waals surface area contributed by atoms with E-state index >= 15 is 0 Å². The van der Waals surface area contributed by atoms with Crippen LogP contribution in [0.3, 0.4) is 0 Å². The lowest BCUT2D eigenvalue weighted by molar-refractivity contribution is 0.163. The zero-order valence-electron chi connectivity index (χ0n) is 13.2. The minimum atomic E-state index is 0.853. The molecule has 21 heavy (non-hydrogen) atoms. The van der Waals surface area contributed by atoms with Crippen LogP contribution in [-0.4, -0.2) is 0 Å². The van der Waals surface area contributed by atoms with Gasteiger partial charge in [-0.15, -0.1) is 0 Å². The number of benzene rings is 1. The third-order valence-electron chi connectivity index (χ3n) is 5.96. The van der Waals surface area contributed by atoms with E-state index in [1.807, 2.05) is 12.1 Å². The first-order valence-electron chi connectivity index (χ1n) is 9.05. The number of aryl methyl sites for hydroxylation is 1. The van der Waals surface area contributed by atoms with Gasteiger partial charge in [0, 0.05) is 5.02 Å². The Kier molecular flexibility index (Phi) is 5.63. The second-order valence-electron chi connectivity index (χ2n) is 7.34. The zero-order chi connectivity index (χ0) is 14.5. The van der Waals surface area contributed by atoms with Crippen molar-refractivity contribution >= 4 is 11.6 Å². The van der Waals surface area contributed by atoms with E-state index in [0.717, 1.165) is 22.8 Å². The van der Waals surface area contributed by atoms with Crippen molar-refractivity contribution in [3.8, 4) is 0 Å². The quantitative estimate of drug-likeness (QED) is 0.583. The molecule has 1 aromatic rings. The summed E-state index contributed by atoms with van der Waals surface area (Å²) in [5.41, 5.74) is 1.45. The maximum absolute atomic E-state index is 5.95. The fraction of sp³-hybridized carbons (Fsp3) is 0.700. The third-order valence-corrected chi connectivity index (χ3v) is 6.21. The Morgan fingerprint density at radius 3 is 2.05 bits per heavy atom. The van der Waals surface area contributed by atoms with E-state index in [1.165, 1.54) is 76.2 Å². The normalized spacial score (nSPS) is 27.7. The lowest BCUT2D eigenvalue weighted by Crippen LogP contribution is -2.23. The Morgan fingerprint density at radius 2 is 1.38 bits per heavy atom. The molecule has 1 heteroatoms. The van der Waals surface area contributed by atoms with Crippen LogP contribution in [0.2, 0.25) is 5.02 Å². The van der Waals surface area contributed by atoms with Gasteiger partial charge in [-0.1, -0.05) is 68.7 Å². The van der Waals surface area contributed by atoms with E-state index in [4.69, 9.17) is 11.6 Å². The van der Waals surface area contributed by atoms with E-state index in [2.05, 4.69) is 12.1 Å². The van der Waals surface area contributed by atoms with Crippen molar-refractivity contribution in [2.75, 3.05) is 0 Å². The molecule has 0 aromatic heterocycles.